The minimum Gasteiger partial charge on any atom is -0.311 e. The molecule has 106 valence electrons. The molecule has 2 unspecified atom stereocenters. The molecule has 0 aromatic rings. The van der Waals surface area contributed by atoms with E-state index in [1.54, 1.807) is 0 Å². The van der Waals surface area contributed by atoms with Gasteiger partial charge >= 0.3 is 0 Å². The van der Waals surface area contributed by atoms with E-state index in [0.717, 1.165) is 5.92 Å². The predicted molar refractivity (Wildman–Crippen MR) is 78.9 cm³/mol. The van der Waals surface area contributed by atoms with Crippen LogP contribution in [0.2, 0.25) is 0 Å². The van der Waals surface area contributed by atoms with Gasteiger partial charge in [-0.1, -0.05) is 39.5 Å². The van der Waals surface area contributed by atoms with E-state index in [2.05, 4.69) is 37.9 Å². The van der Waals surface area contributed by atoms with Crippen LogP contribution in [0.15, 0.2) is 0 Å². The first kappa shape index (κ1) is 14.3. The fourth-order valence-corrected chi connectivity index (χ4v) is 3.99. The molecule has 1 aliphatic heterocycles. The topological polar surface area (TPSA) is 15.3 Å². The first-order chi connectivity index (χ1) is 8.59. The molecule has 1 spiro atoms. The molecule has 1 aliphatic carbocycles. The molecule has 0 radical (unpaired) electrons. The van der Waals surface area contributed by atoms with Crippen molar-refractivity contribution in [1.82, 2.24) is 10.2 Å². The largest absolute Gasteiger partial charge is 0.311 e. The Labute approximate surface area is 114 Å². The molecule has 2 fully saturated rings. The van der Waals surface area contributed by atoms with Crippen LogP contribution in [0.5, 0.6) is 0 Å². The minimum atomic E-state index is 0.483. The number of hydrogen-bond acceptors (Lipinski definition) is 2. The van der Waals surface area contributed by atoms with E-state index in [0.29, 0.717) is 17.6 Å². The fourth-order valence-electron chi connectivity index (χ4n) is 3.99. The summed E-state index contributed by atoms with van der Waals surface area (Å²) in [7, 11) is 0. The summed E-state index contributed by atoms with van der Waals surface area (Å²) in [5.74, 6) is 0.798. The molecule has 1 heterocycles. The second-order valence-electron chi connectivity index (χ2n) is 6.90. The summed E-state index contributed by atoms with van der Waals surface area (Å²) in [5, 5.41) is 3.87. The maximum Gasteiger partial charge on any atom is 0.0337 e. The number of nitrogens with one attached hydrogen (secondary N) is 1. The zero-order valence-corrected chi connectivity index (χ0v) is 12.8. The van der Waals surface area contributed by atoms with Crippen molar-refractivity contribution < 1.29 is 0 Å². The molecule has 0 amide bonds. The van der Waals surface area contributed by atoms with Gasteiger partial charge in [0.2, 0.25) is 0 Å². The van der Waals surface area contributed by atoms with E-state index in [9.17, 15) is 0 Å². The van der Waals surface area contributed by atoms with E-state index in [1.807, 2.05) is 0 Å². The van der Waals surface area contributed by atoms with Crippen LogP contribution in [0.1, 0.15) is 66.2 Å². The van der Waals surface area contributed by atoms with Gasteiger partial charge in [-0.15, -0.1) is 0 Å². The van der Waals surface area contributed by atoms with Crippen molar-refractivity contribution >= 4 is 0 Å². The molecule has 2 aliphatic rings. The van der Waals surface area contributed by atoms with Crippen LogP contribution in [0.25, 0.3) is 0 Å². The van der Waals surface area contributed by atoms with E-state index >= 15 is 0 Å². The smallest absolute Gasteiger partial charge is 0.0337 e. The summed E-state index contributed by atoms with van der Waals surface area (Å²) in [6.45, 7) is 12.0. The molecule has 0 bridgehead atoms. The first-order valence-electron chi connectivity index (χ1n) is 8.09. The summed E-state index contributed by atoms with van der Waals surface area (Å²) < 4.78 is 0. The Bertz CT molecular complexity index is 256. The van der Waals surface area contributed by atoms with Crippen LogP contribution >= 0.6 is 0 Å². The van der Waals surface area contributed by atoms with Gasteiger partial charge in [0.1, 0.15) is 0 Å². The second kappa shape index (κ2) is 5.92. The number of rotatable bonds is 3. The Balaban J connectivity index is 2.09. The quantitative estimate of drug-likeness (QED) is 0.828. The Morgan fingerprint density at radius 1 is 1.17 bits per heavy atom. The maximum absolute atomic E-state index is 3.87. The van der Waals surface area contributed by atoms with Gasteiger partial charge < -0.3 is 5.32 Å². The summed E-state index contributed by atoms with van der Waals surface area (Å²) in [6.07, 6.45) is 8.41. The average molecular weight is 252 g/mol. The van der Waals surface area contributed by atoms with Gasteiger partial charge in [-0.05, 0) is 32.6 Å². The molecule has 1 saturated carbocycles. The van der Waals surface area contributed by atoms with Gasteiger partial charge in [0, 0.05) is 30.7 Å². The molecule has 0 aromatic carbocycles. The highest BCUT2D eigenvalue weighted by Gasteiger charge is 2.43. The first-order valence-corrected chi connectivity index (χ1v) is 8.09. The van der Waals surface area contributed by atoms with Crippen molar-refractivity contribution in [3.8, 4) is 0 Å². The van der Waals surface area contributed by atoms with Crippen LogP contribution in [-0.4, -0.2) is 35.6 Å². The van der Waals surface area contributed by atoms with Crippen molar-refractivity contribution in [2.24, 2.45) is 5.92 Å². The van der Waals surface area contributed by atoms with E-state index in [-0.39, 0.29) is 0 Å². The van der Waals surface area contributed by atoms with Gasteiger partial charge in [0.05, 0.1) is 0 Å². The molecule has 1 N–H and O–H groups in total. The highest BCUT2D eigenvalue weighted by Crippen LogP contribution is 2.37. The highest BCUT2D eigenvalue weighted by atomic mass is 15.3. The lowest BCUT2D eigenvalue weighted by Crippen LogP contribution is -2.67. The van der Waals surface area contributed by atoms with Crippen molar-refractivity contribution in [3.63, 3.8) is 0 Å². The molecule has 2 rings (SSSR count). The minimum absolute atomic E-state index is 0.483. The molecule has 2 atom stereocenters. The number of nitrogens with zero attached hydrogens (tertiary/aromatic N) is 1. The summed E-state index contributed by atoms with van der Waals surface area (Å²) >= 11 is 0. The molecule has 2 nitrogen and oxygen atoms in total. The standard InChI is InChI=1S/C16H32N2/c1-5-14(4)15-11-18(13(2)3)16(12-17-15)9-7-6-8-10-16/h13-15,17H,5-12H2,1-4H3. The number of piperazine rings is 1. The van der Waals surface area contributed by atoms with Gasteiger partial charge in [-0.25, -0.2) is 0 Å². The Morgan fingerprint density at radius 3 is 2.39 bits per heavy atom. The molecule has 18 heavy (non-hydrogen) atoms. The Kier molecular flexibility index (Phi) is 4.71. The Morgan fingerprint density at radius 2 is 1.83 bits per heavy atom. The van der Waals surface area contributed by atoms with Crippen LogP contribution < -0.4 is 5.32 Å². The fraction of sp³-hybridized carbons (Fsp3) is 1.00. The van der Waals surface area contributed by atoms with Crippen molar-refractivity contribution in [2.75, 3.05) is 13.1 Å². The third-order valence-corrected chi connectivity index (χ3v) is 5.43. The van der Waals surface area contributed by atoms with Crippen molar-refractivity contribution in [1.29, 1.82) is 0 Å². The summed E-state index contributed by atoms with van der Waals surface area (Å²) in [4.78, 5) is 2.83. The zero-order valence-electron chi connectivity index (χ0n) is 12.8. The van der Waals surface area contributed by atoms with Crippen LogP contribution in [0.3, 0.4) is 0 Å². The van der Waals surface area contributed by atoms with Crippen molar-refractivity contribution in [2.45, 2.75) is 83.8 Å². The summed E-state index contributed by atoms with van der Waals surface area (Å²) in [6, 6.07) is 1.39. The number of hydrogen-bond donors (Lipinski definition) is 1. The van der Waals surface area contributed by atoms with Gasteiger partial charge in [-0.3, -0.25) is 4.90 Å². The monoisotopic (exact) mass is 252 g/mol. The SMILES string of the molecule is CCC(C)C1CN(C(C)C)C2(CCCCC2)CN1. The van der Waals surface area contributed by atoms with E-state index in [1.165, 1.54) is 51.6 Å². The molecule has 1 saturated heterocycles. The predicted octanol–water partition coefficient (Wildman–Crippen LogP) is 3.42. The summed E-state index contributed by atoms with van der Waals surface area (Å²) in [5.41, 5.74) is 0.483. The van der Waals surface area contributed by atoms with E-state index in [4.69, 9.17) is 0 Å². The highest BCUT2D eigenvalue weighted by molar-refractivity contribution is 5.02. The lowest BCUT2D eigenvalue weighted by molar-refractivity contribution is -0.0211. The molecule has 2 heteroatoms. The lowest BCUT2D eigenvalue weighted by atomic mass is 9.76. The molecular weight excluding hydrogens is 220 g/mol. The average Bonchev–Trinajstić information content (AvgIpc) is 2.39. The third-order valence-electron chi connectivity index (χ3n) is 5.43. The second-order valence-corrected chi connectivity index (χ2v) is 6.90. The van der Waals surface area contributed by atoms with Gasteiger partial charge in [0.15, 0.2) is 0 Å². The maximum atomic E-state index is 3.87. The van der Waals surface area contributed by atoms with Crippen LogP contribution in [-0.2, 0) is 0 Å². The van der Waals surface area contributed by atoms with Crippen LogP contribution in [0, 0.1) is 5.92 Å². The van der Waals surface area contributed by atoms with Gasteiger partial charge in [-0.2, -0.15) is 0 Å². The molecular formula is C16H32N2. The van der Waals surface area contributed by atoms with Crippen molar-refractivity contribution in [3.05, 3.63) is 0 Å². The Hall–Kier alpha value is -0.0800. The van der Waals surface area contributed by atoms with Gasteiger partial charge in [0.25, 0.3) is 0 Å². The lowest BCUT2D eigenvalue weighted by Gasteiger charge is -2.54. The normalized spacial score (nSPS) is 30.8. The van der Waals surface area contributed by atoms with Crippen LogP contribution in [0.4, 0.5) is 0 Å². The van der Waals surface area contributed by atoms with E-state index < -0.39 is 0 Å². The zero-order chi connectivity index (χ0) is 13.2. The third kappa shape index (κ3) is 2.75. The molecule has 0 aromatic heterocycles.